The first-order valence-electron chi connectivity index (χ1n) is 5.52. The van der Waals surface area contributed by atoms with Crippen LogP contribution in [-0.4, -0.2) is 32.7 Å². The molecule has 0 aliphatic heterocycles. The molecule has 5 heteroatoms. The Morgan fingerprint density at radius 2 is 2.06 bits per heavy atom. The second kappa shape index (κ2) is 5.07. The highest BCUT2D eigenvalue weighted by atomic mass is 16.3. The number of benzene rings is 1. The fraction of sp³-hybridized carbons (Fsp3) is 0.333. The highest BCUT2D eigenvalue weighted by Crippen LogP contribution is 2.16. The van der Waals surface area contributed by atoms with E-state index in [9.17, 15) is 0 Å². The van der Waals surface area contributed by atoms with Gasteiger partial charge in [0.1, 0.15) is 5.69 Å². The van der Waals surface area contributed by atoms with Gasteiger partial charge >= 0.3 is 0 Å². The zero-order chi connectivity index (χ0) is 12.3. The molecule has 0 amide bonds. The molecule has 2 aromatic rings. The highest BCUT2D eigenvalue weighted by Gasteiger charge is 2.06. The maximum Gasteiger partial charge on any atom is 0.113 e. The molecule has 0 unspecified atom stereocenters. The van der Waals surface area contributed by atoms with Crippen LogP contribution in [0, 0.1) is 6.92 Å². The van der Waals surface area contributed by atoms with Crippen molar-refractivity contribution < 1.29 is 5.11 Å². The van der Waals surface area contributed by atoms with Gasteiger partial charge in [0.25, 0.3) is 0 Å². The monoisotopic (exact) mass is 232 g/mol. The smallest absolute Gasteiger partial charge is 0.113 e. The molecular weight excluding hydrogens is 216 g/mol. The fourth-order valence-corrected chi connectivity index (χ4v) is 1.54. The van der Waals surface area contributed by atoms with Gasteiger partial charge in [-0.2, -0.15) is 0 Å². The molecule has 0 saturated carbocycles. The number of aryl methyl sites for hydroxylation is 1. The zero-order valence-corrected chi connectivity index (χ0v) is 9.74. The third kappa shape index (κ3) is 2.89. The predicted octanol–water partition coefficient (Wildman–Crippen LogP) is 0.573. The van der Waals surface area contributed by atoms with Crippen LogP contribution in [0.2, 0.25) is 0 Å². The Morgan fingerprint density at radius 3 is 2.71 bits per heavy atom. The van der Waals surface area contributed by atoms with Crippen LogP contribution in [0.5, 0.6) is 0 Å². The van der Waals surface area contributed by atoms with Gasteiger partial charge in [0.2, 0.25) is 0 Å². The number of aliphatic hydroxyl groups is 1. The number of aromatic nitrogens is 3. The second-order valence-corrected chi connectivity index (χ2v) is 4.13. The van der Waals surface area contributed by atoms with Gasteiger partial charge in [-0.05, 0) is 6.92 Å². The van der Waals surface area contributed by atoms with Gasteiger partial charge in [-0.25, -0.2) is 0 Å². The summed E-state index contributed by atoms with van der Waals surface area (Å²) in [5, 5.41) is 16.9. The minimum absolute atomic E-state index is 0.0558. The lowest BCUT2D eigenvalue weighted by Crippen LogP contribution is -2.30. The standard InChI is InChI=1S/C12H16N4O/c1-9-2-4-10(5-3-9)12-7-16(15-14-12)6-11(13)8-17/h2-5,7,11,17H,6,8,13H2,1H3/t11-/m0/s1. The number of hydrogen-bond acceptors (Lipinski definition) is 4. The van der Waals surface area contributed by atoms with E-state index < -0.39 is 0 Å². The first kappa shape index (κ1) is 11.8. The molecule has 0 saturated heterocycles. The summed E-state index contributed by atoms with van der Waals surface area (Å²) in [4.78, 5) is 0. The van der Waals surface area contributed by atoms with Crippen LogP contribution in [0.4, 0.5) is 0 Å². The Morgan fingerprint density at radius 1 is 1.35 bits per heavy atom. The average molecular weight is 232 g/mol. The lowest BCUT2D eigenvalue weighted by Gasteiger charge is -2.05. The van der Waals surface area contributed by atoms with Gasteiger partial charge in [0.05, 0.1) is 19.3 Å². The molecule has 2 rings (SSSR count). The van der Waals surface area contributed by atoms with Gasteiger partial charge in [-0.3, -0.25) is 4.68 Å². The molecule has 0 radical (unpaired) electrons. The van der Waals surface area contributed by atoms with Gasteiger partial charge in [-0.15, -0.1) is 5.10 Å². The molecular formula is C12H16N4O. The molecule has 90 valence electrons. The molecule has 0 fully saturated rings. The summed E-state index contributed by atoms with van der Waals surface area (Å²) in [6.45, 7) is 2.45. The van der Waals surface area contributed by atoms with E-state index in [0.717, 1.165) is 11.3 Å². The van der Waals surface area contributed by atoms with E-state index >= 15 is 0 Å². The van der Waals surface area contributed by atoms with E-state index in [1.807, 2.05) is 37.4 Å². The van der Waals surface area contributed by atoms with Gasteiger partial charge in [0, 0.05) is 11.6 Å². The van der Waals surface area contributed by atoms with Crippen molar-refractivity contribution in [1.82, 2.24) is 15.0 Å². The normalized spacial score (nSPS) is 12.6. The maximum atomic E-state index is 8.86. The van der Waals surface area contributed by atoms with Crippen LogP contribution in [0.15, 0.2) is 30.5 Å². The Hall–Kier alpha value is -1.72. The number of aliphatic hydroxyl groups excluding tert-OH is 1. The summed E-state index contributed by atoms with van der Waals surface area (Å²) < 4.78 is 1.65. The maximum absolute atomic E-state index is 8.86. The zero-order valence-electron chi connectivity index (χ0n) is 9.74. The molecule has 1 atom stereocenters. The summed E-state index contributed by atoms with van der Waals surface area (Å²) in [5.41, 5.74) is 8.69. The lowest BCUT2D eigenvalue weighted by atomic mass is 10.1. The van der Waals surface area contributed by atoms with Crippen molar-refractivity contribution in [3.8, 4) is 11.3 Å². The summed E-state index contributed by atoms with van der Waals surface area (Å²) in [6.07, 6.45) is 1.83. The number of rotatable bonds is 4. The minimum atomic E-state index is -0.303. The van der Waals surface area contributed by atoms with Crippen molar-refractivity contribution in [2.75, 3.05) is 6.61 Å². The van der Waals surface area contributed by atoms with E-state index in [0.29, 0.717) is 6.54 Å². The first-order chi connectivity index (χ1) is 8.19. The summed E-state index contributed by atoms with van der Waals surface area (Å²) >= 11 is 0. The van der Waals surface area contributed by atoms with Crippen molar-refractivity contribution >= 4 is 0 Å². The third-order valence-corrected chi connectivity index (χ3v) is 2.54. The van der Waals surface area contributed by atoms with Crippen LogP contribution in [-0.2, 0) is 6.54 Å². The van der Waals surface area contributed by atoms with E-state index in [4.69, 9.17) is 10.8 Å². The molecule has 1 aromatic carbocycles. The number of hydrogen-bond donors (Lipinski definition) is 2. The van der Waals surface area contributed by atoms with Crippen LogP contribution in [0.25, 0.3) is 11.3 Å². The van der Waals surface area contributed by atoms with Crippen LogP contribution >= 0.6 is 0 Å². The molecule has 1 heterocycles. The Labute approximate surface area is 99.9 Å². The van der Waals surface area contributed by atoms with Crippen LogP contribution in [0.1, 0.15) is 5.56 Å². The summed E-state index contributed by atoms with van der Waals surface area (Å²) in [6, 6.07) is 7.79. The number of nitrogens with two attached hydrogens (primary N) is 1. The molecule has 0 spiro atoms. The highest BCUT2D eigenvalue weighted by molar-refractivity contribution is 5.57. The van der Waals surface area contributed by atoms with E-state index in [-0.39, 0.29) is 12.6 Å². The third-order valence-electron chi connectivity index (χ3n) is 2.54. The fourth-order valence-electron chi connectivity index (χ4n) is 1.54. The Kier molecular flexibility index (Phi) is 3.51. The minimum Gasteiger partial charge on any atom is -0.395 e. The van der Waals surface area contributed by atoms with Crippen molar-refractivity contribution in [2.45, 2.75) is 19.5 Å². The lowest BCUT2D eigenvalue weighted by molar-refractivity contribution is 0.250. The Bertz CT molecular complexity index is 478. The van der Waals surface area contributed by atoms with Gasteiger partial charge < -0.3 is 10.8 Å². The van der Waals surface area contributed by atoms with Crippen molar-refractivity contribution in [1.29, 1.82) is 0 Å². The van der Waals surface area contributed by atoms with Crippen LogP contribution < -0.4 is 5.73 Å². The Balaban J connectivity index is 2.15. The average Bonchev–Trinajstić information content (AvgIpc) is 2.78. The molecule has 5 nitrogen and oxygen atoms in total. The van der Waals surface area contributed by atoms with Crippen LogP contribution in [0.3, 0.4) is 0 Å². The largest absolute Gasteiger partial charge is 0.395 e. The van der Waals surface area contributed by atoms with E-state index in [1.165, 1.54) is 5.56 Å². The summed E-state index contributed by atoms with van der Waals surface area (Å²) in [5.74, 6) is 0. The molecule has 0 bridgehead atoms. The molecule has 3 N–H and O–H groups in total. The summed E-state index contributed by atoms with van der Waals surface area (Å²) in [7, 11) is 0. The number of nitrogens with zero attached hydrogens (tertiary/aromatic N) is 3. The molecule has 0 aliphatic carbocycles. The molecule has 17 heavy (non-hydrogen) atoms. The SMILES string of the molecule is Cc1ccc(-c2cn(C[C@H](N)CO)nn2)cc1. The van der Waals surface area contributed by atoms with Gasteiger partial charge in [0.15, 0.2) is 0 Å². The van der Waals surface area contributed by atoms with Crippen molar-refractivity contribution in [3.05, 3.63) is 36.0 Å². The molecule has 1 aromatic heterocycles. The first-order valence-corrected chi connectivity index (χ1v) is 5.52. The van der Waals surface area contributed by atoms with E-state index in [2.05, 4.69) is 10.3 Å². The van der Waals surface area contributed by atoms with Crippen molar-refractivity contribution in [2.24, 2.45) is 5.73 Å². The quantitative estimate of drug-likeness (QED) is 0.808. The van der Waals surface area contributed by atoms with Gasteiger partial charge in [-0.1, -0.05) is 35.0 Å². The van der Waals surface area contributed by atoms with Crippen molar-refractivity contribution in [3.63, 3.8) is 0 Å². The predicted molar refractivity (Wildman–Crippen MR) is 65.3 cm³/mol. The topological polar surface area (TPSA) is 77.0 Å². The van der Waals surface area contributed by atoms with E-state index in [1.54, 1.807) is 4.68 Å². The molecule has 0 aliphatic rings. The second-order valence-electron chi connectivity index (χ2n) is 4.13.